The van der Waals surface area contributed by atoms with Gasteiger partial charge in [0.25, 0.3) is 0 Å². The van der Waals surface area contributed by atoms with Crippen molar-refractivity contribution in [2.75, 3.05) is 31.5 Å². The summed E-state index contributed by atoms with van der Waals surface area (Å²) >= 11 is 0. The zero-order chi connectivity index (χ0) is 20.9. The van der Waals surface area contributed by atoms with Crippen LogP contribution >= 0.6 is 0 Å². The first-order valence-corrected chi connectivity index (χ1v) is 12.1. The van der Waals surface area contributed by atoms with E-state index in [2.05, 4.69) is 40.5 Å². The van der Waals surface area contributed by atoms with Gasteiger partial charge in [-0.2, -0.15) is 0 Å². The molecule has 0 radical (unpaired) electrons. The Morgan fingerprint density at radius 2 is 2.07 bits per heavy atom. The maximum Gasteiger partial charge on any atom is 0.321 e. The van der Waals surface area contributed by atoms with Crippen LogP contribution in [0.4, 0.5) is 10.5 Å². The molecule has 164 valence electrons. The van der Waals surface area contributed by atoms with Crippen molar-refractivity contribution in [2.45, 2.75) is 77.2 Å². The molecule has 0 aliphatic carbocycles. The summed E-state index contributed by atoms with van der Waals surface area (Å²) in [5.41, 5.74) is 3.50. The van der Waals surface area contributed by atoms with Crippen molar-refractivity contribution in [1.82, 2.24) is 14.8 Å². The number of benzene rings is 1. The minimum absolute atomic E-state index is 0.00808. The van der Waals surface area contributed by atoms with Gasteiger partial charge in [-0.3, -0.25) is 0 Å². The van der Waals surface area contributed by atoms with Crippen LogP contribution in [-0.4, -0.2) is 53.0 Å². The van der Waals surface area contributed by atoms with Crippen LogP contribution in [0.15, 0.2) is 24.4 Å². The molecule has 2 aliphatic rings. The van der Waals surface area contributed by atoms with Gasteiger partial charge in [-0.1, -0.05) is 19.8 Å². The average molecular weight is 411 g/mol. The number of nitrogens with zero attached hydrogens (tertiary/aromatic N) is 2. The number of urea groups is 1. The van der Waals surface area contributed by atoms with Crippen LogP contribution in [0.2, 0.25) is 0 Å². The third-order valence-electron chi connectivity index (χ3n) is 7.22. The van der Waals surface area contributed by atoms with Gasteiger partial charge >= 0.3 is 6.03 Å². The van der Waals surface area contributed by atoms with E-state index in [-0.39, 0.29) is 6.03 Å². The Morgan fingerprint density at radius 3 is 2.90 bits per heavy atom. The fraction of sp³-hybridized carbons (Fsp3) is 0.640. The summed E-state index contributed by atoms with van der Waals surface area (Å²) in [5.74, 6) is 0.604. The molecule has 0 spiro atoms. The first kappa shape index (κ1) is 21.2. The fourth-order valence-corrected chi connectivity index (χ4v) is 5.36. The molecule has 5 nitrogen and oxygen atoms in total. The molecule has 5 heteroatoms. The van der Waals surface area contributed by atoms with Crippen molar-refractivity contribution >= 4 is 22.6 Å². The van der Waals surface area contributed by atoms with E-state index in [0.29, 0.717) is 5.92 Å². The zero-order valence-electron chi connectivity index (χ0n) is 18.8. The maximum absolute atomic E-state index is 12.7. The number of unbranched alkanes of at least 4 members (excludes halogenated alkanes) is 1. The van der Waals surface area contributed by atoms with Gasteiger partial charge in [0.1, 0.15) is 0 Å². The van der Waals surface area contributed by atoms with Crippen molar-refractivity contribution in [3.63, 3.8) is 0 Å². The summed E-state index contributed by atoms with van der Waals surface area (Å²) in [7, 11) is 0. The Hall–Kier alpha value is -2.01. The Bertz CT molecular complexity index is 829. The lowest BCUT2D eigenvalue weighted by atomic mass is 9.90. The molecule has 2 amide bonds. The number of nitrogens with one attached hydrogen (secondary N) is 2. The lowest BCUT2D eigenvalue weighted by Crippen LogP contribution is -2.38. The number of aromatic amines is 1. The number of hydrogen-bond donors (Lipinski definition) is 2. The minimum atomic E-state index is 0.00808. The molecule has 3 heterocycles. The second kappa shape index (κ2) is 9.86. The standard InChI is InChI=1S/C25H38N4O/c1-3-5-14-28(4-2)25(30)27-20-10-12-24-22(17-20)23(18-26-24)19-9-11-21-8-6-7-15-29(21)16-13-19/h10,12,17-19,21,26H,3-9,11,13-16H2,1-2H3,(H,27,30). The number of piperidine rings is 1. The molecule has 2 atom stereocenters. The topological polar surface area (TPSA) is 51.4 Å². The molecule has 1 aromatic carbocycles. The number of rotatable bonds is 6. The van der Waals surface area contributed by atoms with Crippen LogP contribution in [-0.2, 0) is 0 Å². The van der Waals surface area contributed by atoms with Gasteiger partial charge in [-0.25, -0.2) is 4.79 Å². The first-order valence-electron chi connectivity index (χ1n) is 12.1. The van der Waals surface area contributed by atoms with E-state index in [9.17, 15) is 4.79 Å². The summed E-state index contributed by atoms with van der Waals surface area (Å²) in [6.07, 6.45) is 12.3. The zero-order valence-corrected chi connectivity index (χ0v) is 18.8. The van der Waals surface area contributed by atoms with E-state index in [1.54, 1.807) is 0 Å². The number of hydrogen-bond acceptors (Lipinski definition) is 2. The van der Waals surface area contributed by atoms with Crippen LogP contribution in [0, 0.1) is 0 Å². The van der Waals surface area contributed by atoms with E-state index in [0.717, 1.165) is 37.7 Å². The van der Waals surface area contributed by atoms with Crippen LogP contribution in [0.3, 0.4) is 0 Å². The second-order valence-electron chi connectivity index (χ2n) is 9.12. The van der Waals surface area contributed by atoms with Gasteiger partial charge in [0, 0.05) is 41.9 Å². The SMILES string of the molecule is CCCCN(CC)C(=O)Nc1ccc2[nH]cc(C3CCC4CCCCN4CC3)c2c1. The van der Waals surface area contributed by atoms with Gasteiger partial charge in [-0.05, 0) is 88.2 Å². The molecule has 0 saturated carbocycles. The monoisotopic (exact) mass is 410 g/mol. The predicted octanol–water partition coefficient (Wildman–Crippen LogP) is 5.94. The normalized spacial score (nSPS) is 22.5. The van der Waals surface area contributed by atoms with E-state index in [4.69, 9.17) is 0 Å². The van der Waals surface area contributed by atoms with Gasteiger partial charge in [0.2, 0.25) is 0 Å². The lowest BCUT2D eigenvalue weighted by Gasteiger charge is -2.33. The van der Waals surface area contributed by atoms with Gasteiger partial charge in [-0.15, -0.1) is 0 Å². The quantitative estimate of drug-likeness (QED) is 0.619. The van der Waals surface area contributed by atoms with E-state index in [1.165, 1.54) is 68.1 Å². The molecule has 2 N–H and O–H groups in total. The highest BCUT2D eigenvalue weighted by molar-refractivity contribution is 5.94. The Balaban J connectivity index is 1.49. The van der Waals surface area contributed by atoms with E-state index in [1.807, 2.05) is 17.9 Å². The van der Waals surface area contributed by atoms with E-state index < -0.39 is 0 Å². The van der Waals surface area contributed by atoms with Crippen molar-refractivity contribution < 1.29 is 4.79 Å². The molecule has 2 saturated heterocycles. The summed E-state index contributed by atoms with van der Waals surface area (Å²) in [6.45, 7) is 8.27. The number of H-pyrrole nitrogens is 1. The van der Waals surface area contributed by atoms with Gasteiger partial charge in [0.15, 0.2) is 0 Å². The Morgan fingerprint density at radius 1 is 1.17 bits per heavy atom. The van der Waals surface area contributed by atoms with Crippen LogP contribution in [0.1, 0.15) is 76.7 Å². The number of fused-ring (bicyclic) bond motifs is 2. The molecule has 30 heavy (non-hydrogen) atoms. The second-order valence-corrected chi connectivity index (χ2v) is 9.12. The lowest BCUT2D eigenvalue weighted by molar-refractivity contribution is 0.151. The Labute approximate surface area is 181 Å². The van der Waals surface area contributed by atoms with Gasteiger partial charge in [0.05, 0.1) is 0 Å². The van der Waals surface area contributed by atoms with Gasteiger partial charge < -0.3 is 20.1 Å². The molecule has 4 rings (SSSR count). The smallest absolute Gasteiger partial charge is 0.321 e. The summed E-state index contributed by atoms with van der Waals surface area (Å²) in [6, 6.07) is 7.10. The fourth-order valence-electron chi connectivity index (χ4n) is 5.36. The van der Waals surface area contributed by atoms with Crippen molar-refractivity contribution in [3.05, 3.63) is 30.0 Å². The van der Waals surface area contributed by atoms with E-state index >= 15 is 0 Å². The summed E-state index contributed by atoms with van der Waals surface area (Å²) in [4.78, 5) is 20.8. The molecular formula is C25H38N4O. The number of amides is 2. The molecule has 0 bridgehead atoms. The molecule has 2 unspecified atom stereocenters. The number of carbonyl (C=O) groups is 1. The van der Waals surface area contributed by atoms with Crippen molar-refractivity contribution in [2.24, 2.45) is 0 Å². The molecule has 2 aromatic rings. The van der Waals surface area contributed by atoms with Crippen LogP contribution in [0.25, 0.3) is 10.9 Å². The predicted molar refractivity (Wildman–Crippen MR) is 125 cm³/mol. The third-order valence-corrected chi connectivity index (χ3v) is 7.22. The Kier molecular flexibility index (Phi) is 6.98. The largest absolute Gasteiger partial charge is 0.361 e. The molecular weight excluding hydrogens is 372 g/mol. The molecule has 2 fully saturated rings. The van der Waals surface area contributed by atoms with Crippen LogP contribution < -0.4 is 5.32 Å². The van der Waals surface area contributed by atoms with Crippen LogP contribution in [0.5, 0.6) is 0 Å². The molecule has 1 aromatic heterocycles. The number of carbonyl (C=O) groups excluding carboxylic acids is 1. The minimum Gasteiger partial charge on any atom is -0.361 e. The first-order chi connectivity index (χ1) is 14.7. The molecule has 2 aliphatic heterocycles. The number of aromatic nitrogens is 1. The highest BCUT2D eigenvalue weighted by atomic mass is 16.2. The maximum atomic E-state index is 12.7. The average Bonchev–Trinajstić information content (AvgIpc) is 3.06. The highest BCUT2D eigenvalue weighted by Gasteiger charge is 2.28. The third kappa shape index (κ3) is 4.66. The van der Waals surface area contributed by atoms with Crippen molar-refractivity contribution in [3.8, 4) is 0 Å². The van der Waals surface area contributed by atoms with Crippen molar-refractivity contribution in [1.29, 1.82) is 0 Å². The highest BCUT2D eigenvalue weighted by Crippen LogP contribution is 2.37. The summed E-state index contributed by atoms with van der Waals surface area (Å²) in [5, 5.41) is 4.40. The summed E-state index contributed by atoms with van der Waals surface area (Å²) < 4.78 is 0. The number of anilines is 1.